The summed E-state index contributed by atoms with van der Waals surface area (Å²) >= 11 is 1.38. The van der Waals surface area contributed by atoms with Gasteiger partial charge in [0.1, 0.15) is 0 Å². The van der Waals surface area contributed by atoms with Gasteiger partial charge in [-0.05, 0) is 24.0 Å². The molecule has 154 valence electrons. The van der Waals surface area contributed by atoms with Crippen molar-refractivity contribution in [3.05, 3.63) is 42.0 Å². The molecule has 1 aromatic carbocycles. The van der Waals surface area contributed by atoms with E-state index < -0.39 is 29.7 Å². The number of aliphatic carboxylic acids is 3. The molecular weight excluding hydrogens is 384 g/mol. The number of carboxylic acid groups (broad SMARTS) is 3. The van der Waals surface area contributed by atoms with Gasteiger partial charge in [-0.3, -0.25) is 14.4 Å². The molecule has 0 saturated carbocycles. The van der Waals surface area contributed by atoms with Crippen LogP contribution in [0.25, 0.3) is 6.08 Å². The largest absolute Gasteiger partial charge is 0.481 e. The van der Waals surface area contributed by atoms with E-state index in [1.807, 2.05) is 24.3 Å². The second-order valence-electron chi connectivity index (χ2n) is 6.31. The van der Waals surface area contributed by atoms with Gasteiger partial charge >= 0.3 is 17.9 Å². The Labute approximate surface area is 168 Å². The van der Waals surface area contributed by atoms with Crippen LogP contribution in [0.1, 0.15) is 30.4 Å². The predicted molar refractivity (Wildman–Crippen MR) is 107 cm³/mol. The molecule has 2 atom stereocenters. The maximum Gasteiger partial charge on any atom is 0.307 e. The summed E-state index contributed by atoms with van der Waals surface area (Å²) in [6.07, 6.45) is 1.31. The molecule has 0 radical (unpaired) electrons. The Kier molecular flexibility index (Phi) is 11.0. The number of carbonyl (C=O) groups is 3. The summed E-state index contributed by atoms with van der Waals surface area (Å²) in [5, 5.41) is 27.2. The highest BCUT2D eigenvalue weighted by molar-refractivity contribution is 7.99. The van der Waals surface area contributed by atoms with Crippen molar-refractivity contribution in [2.45, 2.75) is 25.9 Å². The van der Waals surface area contributed by atoms with Gasteiger partial charge in [0.15, 0.2) is 0 Å². The number of hydrogen-bond donors (Lipinski definition) is 3. The van der Waals surface area contributed by atoms with Crippen LogP contribution < -0.4 is 0 Å². The van der Waals surface area contributed by atoms with Crippen LogP contribution in [-0.2, 0) is 25.7 Å². The van der Waals surface area contributed by atoms with Crippen LogP contribution in [0.3, 0.4) is 0 Å². The van der Waals surface area contributed by atoms with E-state index in [1.54, 1.807) is 6.08 Å². The Morgan fingerprint density at radius 1 is 1.07 bits per heavy atom. The van der Waals surface area contributed by atoms with Crippen molar-refractivity contribution in [2.75, 3.05) is 18.1 Å². The minimum atomic E-state index is -1.16. The highest BCUT2D eigenvalue weighted by Crippen LogP contribution is 2.22. The van der Waals surface area contributed by atoms with Crippen molar-refractivity contribution in [3.63, 3.8) is 0 Å². The van der Waals surface area contributed by atoms with Crippen molar-refractivity contribution < 1.29 is 34.4 Å². The molecule has 0 fully saturated rings. The molecule has 7 nitrogen and oxygen atoms in total. The minimum absolute atomic E-state index is 0.0765. The van der Waals surface area contributed by atoms with Gasteiger partial charge in [-0.25, -0.2) is 0 Å². The van der Waals surface area contributed by atoms with E-state index >= 15 is 0 Å². The van der Waals surface area contributed by atoms with Crippen molar-refractivity contribution in [1.29, 1.82) is 0 Å². The first-order valence-corrected chi connectivity index (χ1v) is 10.0. The molecule has 0 aliphatic heterocycles. The summed E-state index contributed by atoms with van der Waals surface area (Å²) in [5.74, 6) is -4.31. The fourth-order valence-corrected chi connectivity index (χ4v) is 3.47. The lowest BCUT2D eigenvalue weighted by molar-refractivity contribution is -0.145. The second kappa shape index (κ2) is 13.0. The van der Waals surface area contributed by atoms with Crippen molar-refractivity contribution >= 4 is 35.7 Å². The molecule has 0 spiro atoms. The highest BCUT2D eigenvalue weighted by Gasteiger charge is 2.27. The third-order valence-electron chi connectivity index (χ3n) is 4.15. The maximum absolute atomic E-state index is 11.4. The van der Waals surface area contributed by atoms with Gasteiger partial charge in [-0.1, -0.05) is 36.9 Å². The highest BCUT2D eigenvalue weighted by atomic mass is 32.2. The molecule has 0 aliphatic carbocycles. The van der Waals surface area contributed by atoms with E-state index in [2.05, 4.69) is 6.58 Å². The molecular formula is C20H26O7S. The molecule has 1 rings (SSSR count). The fourth-order valence-electron chi connectivity index (χ4n) is 2.51. The summed E-state index contributed by atoms with van der Waals surface area (Å²) in [4.78, 5) is 33.3. The Hall–Kier alpha value is -2.32. The number of ether oxygens (including phenoxy) is 1. The third kappa shape index (κ3) is 9.57. The van der Waals surface area contributed by atoms with Gasteiger partial charge in [0, 0.05) is 17.9 Å². The maximum atomic E-state index is 11.4. The van der Waals surface area contributed by atoms with Gasteiger partial charge in [0.05, 0.1) is 25.0 Å². The number of thioether (sulfide) groups is 1. The van der Waals surface area contributed by atoms with Gasteiger partial charge < -0.3 is 20.1 Å². The molecule has 0 aliphatic rings. The Morgan fingerprint density at radius 3 is 2.25 bits per heavy atom. The van der Waals surface area contributed by atoms with Crippen LogP contribution in [0.5, 0.6) is 0 Å². The molecule has 0 bridgehead atoms. The smallest absolute Gasteiger partial charge is 0.307 e. The van der Waals surface area contributed by atoms with Gasteiger partial charge in [-0.2, -0.15) is 11.8 Å². The number of carboxylic acids is 3. The van der Waals surface area contributed by atoms with E-state index in [0.717, 1.165) is 11.1 Å². The molecule has 28 heavy (non-hydrogen) atoms. The van der Waals surface area contributed by atoms with Crippen LogP contribution in [0.4, 0.5) is 0 Å². The Bertz CT molecular complexity index is 657. The van der Waals surface area contributed by atoms with E-state index in [-0.39, 0.29) is 25.0 Å². The Balaban J connectivity index is 2.33. The van der Waals surface area contributed by atoms with Crippen LogP contribution in [0, 0.1) is 11.8 Å². The molecule has 1 aromatic rings. The molecule has 3 N–H and O–H groups in total. The molecule has 0 amide bonds. The third-order valence-corrected chi connectivity index (χ3v) is 5.24. The molecule has 2 unspecified atom stereocenters. The topological polar surface area (TPSA) is 121 Å². The van der Waals surface area contributed by atoms with Gasteiger partial charge in [-0.15, -0.1) is 0 Å². The lowest BCUT2D eigenvalue weighted by Gasteiger charge is -2.17. The van der Waals surface area contributed by atoms with E-state index in [1.165, 1.54) is 11.8 Å². The van der Waals surface area contributed by atoms with Crippen molar-refractivity contribution in [3.8, 4) is 0 Å². The number of hydrogen-bond acceptors (Lipinski definition) is 5. The zero-order valence-corrected chi connectivity index (χ0v) is 16.4. The number of rotatable bonds is 15. The van der Waals surface area contributed by atoms with Crippen molar-refractivity contribution in [1.82, 2.24) is 0 Å². The first kappa shape index (κ1) is 23.7. The number of benzene rings is 1. The van der Waals surface area contributed by atoms with Crippen molar-refractivity contribution in [2.24, 2.45) is 11.8 Å². The fraction of sp³-hybridized carbons (Fsp3) is 0.450. The van der Waals surface area contributed by atoms with E-state index in [0.29, 0.717) is 19.0 Å². The lowest BCUT2D eigenvalue weighted by Crippen LogP contribution is -2.25. The predicted octanol–water partition coefficient (Wildman–Crippen LogP) is 3.24. The lowest BCUT2D eigenvalue weighted by atomic mass is 9.92. The molecule has 0 heterocycles. The monoisotopic (exact) mass is 410 g/mol. The average Bonchev–Trinajstić information content (AvgIpc) is 2.65. The van der Waals surface area contributed by atoms with E-state index in [9.17, 15) is 24.6 Å². The average molecular weight is 410 g/mol. The zero-order chi connectivity index (χ0) is 20.9. The van der Waals surface area contributed by atoms with Gasteiger partial charge in [0.25, 0.3) is 0 Å². The Morgan fingerprint density at radius 2 is 1.71 bits per heavy atom. The summed E-state index contributed by atoms with van der Waals surface area (Å²) in [5.41, 5.74) is 2.06. The van der Waals surface area contributed by atoms with Crippen LogP contribution in [0.15, 0.2) is 30.8 Å². The summed E-state index contributed by atoms with van der Waals surface area (Å²) in [6.45, 7) is 4.59. The second-order valence-corrected chi connectivity index (χ2v) is 7.46. The quantitative estimate of drug-likeness (QED) is 0.377. The first-order valence-electron chi connectivity index (χ1n) is 8.87. The standard InChI is InChI=1S/C20H26O7S/c1-2-14-3-5-15(6-4-14)12-27-9-10-28-13-17(20(25)26)11-16(19(23)24)7-8-18(21)22/h2-6,16-17H,1,7-13H2,(H,21,22)(H,23,24)(H,25,26). The van der Waals surface area contributed by atoms with E-state index in [4.69, 9.17) is 9.84 Å². The van der Waals surface area contributed by atoms with Crippen LogP contribution in [-0.4, -0.2) is 51.3 Å². The molecule has 0 aromatic heterocycles. The molecule has 8 heteroatoms. The molecule has 0 saturated heterocycles. The summed E-state index contributed by atoms with van der Waals surface area (Å²) < 4.78 is 5.57. The normalized spacial score (nSPS) is 12.9. The SMILES string of the molecule is C=Cc1ccc(COCCSCC(CC(CCC(=O)O)C(=O)O)C(=O)O)cc1. The zero-order valence-electron chi connectivity index (χ0n) is 15.6. The minimum Gasteiger partial charge on any atom is -0.481 e. The van der Waals surface area contributed by atoms with Crippen LogP contribution >= 0.6 is 11.8 Å². The first-order chi connectivity index (χ1) is 13.3. The summed E-state index contributed by atoms with van der Waals surface area (Å²) in [7, 11) is 0. The summed E-state index contributed by atoms with van der Waals surface area (Å²) in [6, 6.07) is 7.80. The van der Waals surface area contributed by atoms with Gasteiger partial charge in [0.2, 0.25) is 0 Å². The van der Waals surface area contributed by atoms with Crippen LogP contribution in [0.2, 0.25) is 0 Å².